The molecule has 32 heavy (non-hydrogen) atoms. The summed E-state index contributed by atoms with van der Waals surface area (Å²) in [5.41, 5.74) is -0.0540. The minimum Gasteiger partial charge on any atom is -0.743 e. The van der Waals surface area contributed by atoms with Gasteiger partial charge in [0.2, 0.25) is 0 Å². The Morgan fingerprint density at radius 3 is 2.56 bits per heavy atom. The standard InChI is InChI=1S/C19H24F4O8S/c1-10(9-29-7-3-2-6-18(20,21)19(22,23)32(26,27)28)16(24)30-14-11-4-5-12-13(8-11)17(25)31-15(12)14/h11-15H,1-9H2,(H,26,27,28)/p-1. The molecule has 8 nitrogen and oxygen atoms in total. The number of fused-ring (bicyclic) bond motifs is 1. The van der Waals surface area contributed by atoms with Crippen LogP contribution in [-0.2, 0) is 33.9 Å². The zero-order valence-corrected chi connectivity index (χ0v) is 17.8. The SMILES string of the molecule is C=C(COCCCCC(F)(F)C(F)(F)S(=O)(=O)[O-])C(=O)OC1C2CCC3C(C2)C(=O)OC31. The van der Waals surface area contributed by atoms with E-state index in [-0.39, 0.29) is 48.9 Å². The number of halogens is 4. The largest absolute Gasteiger partial charge is 0.743 e. The number of ether oxygens (including phenoxy) is 3. The molecule has 4 fully saturated rings. The Labute approximate surface area is 182 Å². The molecular weight excluding hydrogens is 464 g/mol. The van der Waals surface area contributed by atoms with Gasteiger partial charge in [0.05, 0.1) is 18.1 Å². The maximum atomic E-state index is 13.3. The highest BCUT2D eigenvalue weighted by atomic mass is 32.2. The summed E-state index contributed by atoms with van der Waals surface area (Å²) in [6, 6.07) is 0. The van der Waals surface area contributed by atoms with Crippen LogP contribution in [0.1, 0.15) is 38.5 Å². The fraction of sp³-hybridized carbons (Fsp3) is 0.789. The van der Waals surface area contributed by atoms with E-state index in [2.05, 4.69) is 6.58 Å². The normalized spacial score (nSPS) is 29.7. The number of hydrogen-bond donors (Lipinski definition) is 0. The van der Waals surface area contributed by atoms with Crippen LogP contribution in [-0.4, -0.2) is 61.5 Å². The van der Waals surface area contributed by atoms with Crippen LogP contribution in [0.5, 0.6) is 0 Å². The minimum absolute atomic E-state index is 0.0249. The van der Waals surface area contributed by atoms with Gasteiger partial charge in [-0.05, 0) is 32.1 Å². The van der Waals surface area contributed by atoms with E-state index in [0.29, 0.717) is 6.42 Å². The molecule has 0 N–H and O–H groups in total. The van der Waals surface area contributed by atoms with Crippen molar-refractivity contribution in [2.45, 2.75) is 61.9 Å². The van der Waals surface area contributed by atoms with Crippen LogP contribution >= 0.6 is 0 Å². The molecule has 13 heteroatoms. The molecular formula is C19H23F4O8S-. The number of hydrogen-bond acceptors (Lipinski definition) is 8. The lowest BCUT2D eigenvalue weighted by Crippen LogP contribution is -2.50. The first kappa shape index (κ1) is 24.9. The molecule has 3 aliphatic carbocycles. The van der Waals surface area contributed by atoms with Gasteiger partial charge in [0, 0.05) is 24.9 Å². The Hall–Kier alpha value is -1.73. The topological polar surface area (TPSA) is 119 Å². The van der Waals surface area contributed by atoms with E-state index in [1.807, 2.05) is 0 Å². The molecule has 0 amide bonds. The summed E-state index contributed by atoms with van der Waals surface area (Å²) in [6.07, 6.45) is -0.968. The number of rotatable bonds is 11. The van der Waals surface area contributed by atoms with Crippen LogP contribution in [0.3, 0.4) is 0 Å². The average molecular weight is 487 g/mol. The Balaban J connectivity index is 1.37. The van der Waals surface area contributed by atoms with Gasteiger partial charge in [-0.15, -0.1) is 0 Å². The van der Waals surface area contributed by atoms with Gasteiger partial charge >= 0.3 is 23.1 Å². The third-order valence-electron chi connectivity index (χ3n) is 6.29. The van der Waals surface area contributed by atoms with E-state index in [1.165, 1.54) is 0 Å². The second-order valence-electron chi connectivity index (χ2n) is 8.40. The highest BCUT2D eigenvalue weighted by Crippen LogP contribution is 2.52. The number of esters is 2. The van der Waals surface area contributed by atoms with Crippen molar-refractivity contribution in [3.8, 4) is 0 Å². The van der Waals surface area contributed by atoms with Crippen molar-refractivity contribution in [3.05, 3.63) is 12.2 Å². The molecule has 3 saturated carbocycles. The number of carbonyl (C=O) groups is 2. The minimum atomic E-state index is -6.51. The predicted octanol–water partition coefficient (Wildman–Crippen LogP) is 2.39. The molecule has 0 aromatic heterocycles. The van der Waals surface area contributed by atoms with Gasteiger partial charge in [-0.2, -0.15) is 17.6 Å². The number of unbranched alkanes of at least 4 members (excludes halogenated alkanes) is 1. The fourth-order valence-corrected chi connectivity index (χ4v) is 5.05. The molecule has 1 heterocycles. The first-order valence-corrected chi connectivity index (χ1v) is 11.5. The van der Waals surface area contributed by atoms with Crippen molar-refractivity contribution in [3.63, 3.8) is 0 Å². The summed E-state index contributed by atoms with van der Waals surface area (Å²) in [4.78, 5) is 24.2. The van der Waals surface area contributed by atoms with Crippen molar-refractivity contribution < 1.29 is 54.3 Å². The Bertz CT molecular complexity index is 875. The molecule has 0 aromatic carbocycles. The lowest BCUT2D eigenvalue weighted by atomic mass is 9.63. The van der Waals surface area contributed by atoms with E-state index >= 15 is 0 Å². The van der Waals surface area contributed by atoms with Crippen LogP contribution < -0.4 is 0 Å². The van der Waals surface area contributed by atoms with Gasteiger partial charge in [0.15, 0.2) is 10.1 Å². The number of alkyl halides is 4. The van der Waals surface area contributed by atoms with E-state index in [4.69, 9.17) is 14.2 Å². The van der Waals surface area contributed by atoms with Crippen LogP contribution in [0.25, 0.3) is 0 Å². The van der Waals surface area contributed by atoms with Crippen LogP contribution in [0.2, 0.25) is 0 Å². The molecule has 4 bridgehead atoms. The second kappa shape index (κ2) is 8.90. The highest BCUT2D eigenvalue weighted by molar-refractivity contribution is 7.86. The molecule has 4 rings (SSSR count). The summed E-state index contributed by atoms with van der Waals surface area (Å²) in [7, 11) is -6.51. The van der Waals surface area contributed by atoms with Crippen LogP contribution in [0.4, 0.5) is 17.6 Å². The Kier molecular flexibility index (Phi) is 6.93. The molecule has 5 unspecified atom stereocenters. The van der Waals surface area contributed by atoms with E-state index < -0.39 is 52.3 Å². The van der Waals surface area contributed by atoms with Crippen molar-refractivity contribution in [2.75, 3.05) is 13.2 Å². The molecule has 5 atom stereocenters. The van der Waals surface area contributed by atoms with E-state index in [9.17, 15) is 40.1 Å². The van der Waals surface area contributed by atoms with Crippen molar-refractivity contribution in [1.82, 2.24) is 0 Å². The lowest BCUT2D eigenvalue weighted by Gasteiger charge is -2.43. The van der Waals surface area contributed by atoms with Gasteiger partial charge in [0.1, 0.15) is 12.2 Å². The summed E-state index contributed by atoms with van der Waals surface area (Å²) in [6.45, 7) is 3.05. The van der Waals surface area contributed by atoms with Crippen LogP contribution in [0, 0.1) is 17.8 Å². The fourth-order valence-electron chi connectivity index (χ4n) is 4.58. The van der Waals surface area contributed by atoms with Crippen molar-refractivity contribution in [1.29, 1.82) is 0 Å². The maximum absolute atomic E-state index is 13.3. The third-order valence-corrected chi connectivity index (χ3v) is 7.21. The molecule has 182 valence electrons. The third kappa shape index (κ3) is 4.65. The van der Waals surface area contributed by atoms with Gasteiger partial charge in [0.25, 0.3) is 0 Å². The first-order valence-electron chi connectivity index (χ1n) is 10.1. The average Bonchev–Trinajstić information content (AvgIpc) is 2.97. The number of carbonyl (C=O) groups excluding carboxylic acids is 2. The monoisotopic (exact) mass is 487 g/mol. The molecule has 1 aliphatic heterocycles. The molecule has 0 radical (unpaired) electrons. The van der Waals surface area contributed by atoms with Crippen LogP contribution in [0.15, 0.2) is 12.2 Å². The molecule has 4 aliphatic rings. The zero-order valence-electron chi connectivity index (χ0n) is 16.9. The highest BCUT2D eigenvalue weighted by Gasteiger charge is 2.61. The zero-order chi connectivity index (χ0) is 23.9. The summed E-state index contributed by atoms with van der Waals surface area (Å²) >= 11 is 0. The van der Waals surface area contributed by atoms with E-state index in [0.717, 1.165) is 12.8 Å². The molecule has 0 spiro atoms. The van der Waals surface area contributed by atoms with E-state index in [1.54, 1.807) is 0 Å². The predicted molar refractivity (Wildman–Crippen MR) is 97.5 cm³/mol. The summed E-state index contributed by atoms with van der Waals surface area (Å²) < 4.78 is 99.7. The van der Waals surface area contributed by atoms with Gasteiger partial charge in [-0.1, -0.05) is 6.58 Å². The smallest absolute Gasteiger partial charge is 0.396 e. The first-order chi connectivity index (χ1) is 14.8. The van der Waals surface area contributed by atoms with Crippen molar-refractivity contribution >= 4 is 22.1 Å². The van der Waals surface area contributed by atoms with Gasteiger partial charge in [-0.3, -0.25) is 4.79 Å². The maximum Gasteiger partial charge on any atom is 0.396 e. The molecule has 0 aromatic rings. The van der Waals surface area contributed by atoms with Crippen molar-refractivity contribution in [2.24, 2.45) is 17.8 Å². The molecule has 1 saturated heterocycles. The second-order valence-corrected chi connectivity index (χ2v) is 9.82. The lowest BCUT2D eigenvalue weighted by molar-refractivity contribution is -0.169. The summed E-state index contributed by atoms with van der Waals surface area (Å²) in [5, 5.41) is -5.70. The Morgan fingerprint density at radius 2 is 1.91 bits per heavy atom. The Morgan fingerprint density at radius 1 is 1.22 bits per heavy atom. The summed E-state index contributed by atoms with van der Waals surface area (Å²) in [5.74, 6) is -6.09. The van der Waals surface area contributed by atoms with Gasteiger partial charge < -0.3 is 18.8 Å². The van der Waals surface area contributed by atoms with Gasteiger partial charge in [-0.25, -0.2) is 13.2 Å². The quantitative estimate of drug-likeness (QED) is 0.143.